The van der Waals surface area contributed by atoms with Crippen LogP contribution in [0.25, 0.3) is 0 Å². The van der Waals surface area contributed by atoms with E-state index in [2.05, 4.69) is 55.2 Å². The summed E-state index contributed by atoms with van der Waals surface area (Å²) in [5.74, 6) is 3.68. The van der Waals surface area contributed by atoms with E-state index in [0.29, 0.717) is 6.04 Å². The van der Waals surface area contributed by atoms with Gasteiger partial charge >= 0.3 is 0 Å². The van der Waals surface area contributed by atoms with Crippen molar-refractivity contribution in [1.29, 1.82) is 0 Å². The summed E-state index contributed by atoms with van der Waals surface area (Å²) in [6, 6.07) is 9.73. The maximum Gasteiger partial charge on any atom is 0.0110 e. The highest BCUT2D eigenvalue weighted by Crippen LogP contribution is 2.27. The molecular formula is C18H29NS. The normalized spacial score (nSPS) is 18.1. The molecule has 0 saturated carbocycles. The van der Waals surface area contributed by atoms with Crippen LogP contribution in [0.4, 0.5) is 0 Å². The lowest BCUT2D eigenvalue weighted by Crippen LogP contribution is -2.34. The van der Waals surface area contributed by atoms with E-state index in [1.54, 1.807) is 0 Å². The molecule has 0 aliphatic carbocycles. The van der Waals surface area contributed by atoms with Crippen molar-refractivity contribution in [3.8, 4) is 0 Å². The summed E-state index contributed by atoms with van der Waals surface area (Å²) in [6.07, 6.45) is 6.61. The number of thioether (sulfide) groups is 1. The minimum absolute atomic E-state index is 0.658. The van der Waals surface area contributed by atoms with Gasteiger partial charge in [0, 0.05) is 6.04 Å². The summed E-state index contributed by atoms with van der Waals surface area (Å²) >= 11 is 2.13. The van der Waals surface area contributed by atoms with Gasteiger partial charge in [-0.05, 0) is 68.6 Å². The molecule has 1 fully saturated rings. The first-order valence-electron chi connectivity index (χ1n) is 8.14. The smallest absolute Gasteiger partial charge is 0.0110 e. The van der Waals surface area contributed by atoms with Gasteiger partial charge in [-0.25, -0.2) is 0 Å². The molecule has 20 heavy (non-hydrogen) atoms. The Morgan fingerprint density at radius 1 is 1.20 bits per heavy atom. The number of hydrogen-bond acceptors (Lipinski definition) is 2. The van der Waals surface area contributed by atoms with Crippen molar-refractivity contribution in [2.24, 2.45) is 5.92 Å². The molecule has 1 heterocycles. The SMILES string of the molecule is CCCNC(Cc1ccc(C)cc1)CC1CCSCC1. The molecule has 1 saturated heterocycles. The second-order valence-corrected chi connectivity index (χ2v) is 7.36. The summed E-state index contributed by atoms with van der Waals surface area (Å²) in [7, 11) is 0. The largest absolute Gasteiger partial charge is 0.314 e. The van der Waals surface area contributed by atoms with E-state index in [1.807, 2.05) is 0 Å². The first-order valence-corrected chi connectivity index (χ1v) is 9.30. The molecule has 0 radical (unpaired) electrons. The third kappa shape index (κ3) is 5.49. The number of nitrogens with one attached hydrogen (secondary N) is 1. The Kier molecular flexibility index (Phi) is 6.95. The molecule has 2 rings (SSSR count). The highest BCUT2D eigenvalue weighted by Gasteiger charge is 2.19. The van der Waals surface area contributed by atoms with E-state index < -0.39 is 0 Å². The van der Waals surface area contributed by atoms with Crippen LogP contribution in [0.5, 0.6) is 0 Å². The van der Waals surface area contributed by atoms with Gasteiger partial charge in [0.25, 0.3) is 0 Å². The highest BCUT2D eigenvalue weighted by atomic mass is 32.2. The first kappa shape index (κ1) is 15.9. The Balaban J connectivity index is 1.89. The molecule has 1 atom stereocenters. The van der Waals surface area contributed by atoms with Gasteiger partial charge in [-0.15, -0.1) is 0 Å². The summed E-state index contributed by atoms with van der Waals surface area (Å²) in [5, 5.41) is 3.77. The molecule has 112 valence electrons. The predicted octanol–water partition coefficient (Wildman–Crippen LogP) is 4.44. The third-order valence-corrected chi connectivity index (χ3v) is 5.29. The molecule has 2 heteroatoms. The Morgan fingerprint density at radius 3 is 2.55 bits per heavy atom. The monoisotopic (exact) mass is 291 g/mol. The van der Waals surface area contributed by atoms with Gasteiger partial charge < -0.3 is 5.32 Å². The lowest BCUT2D eigenvalue weighted by Gasteiger charge is -2.27. The lowest BCUT2D eigenvalue weighted by atomic mass is 9.91. The fraction of sp³-hybridized carbons (Fsp3) is 0.667. The molecular weight excluding hydrogens is 262 g/mol. The predicted molar refractivity (Wildman–Crippen MR) is 91.6 cm³/mol. The molecule has 0 amide bonds. The maximum atomic E-state index is 3.77. The number of rotatable bonds is 7. The summed E-state index contributed by atoms with van der Waals surface area (Å²) in [5.41, 5.74) is 2.84. The van der Waals surface area contributed by atoms with Crippen molar-refractivity contribution in [2.45, 2.75) is 52.0 Å². The standard InChI is InChI=1S/C18H29NS/c1-3-10-19-18(14-17-8-11-20-12-9-17)13-16-6-4-15(2)5-7-16/h4-7,17-19H,3,8-14H2,1-2H3. The molecule has 1 nitrogen and oxygen atoms in total. The topological polar surface area (TPSA) is 12.0 Å². The second-order valence-electron chi connectivity index (χ2n) is 6.13. The summed E-state index contributed by atoms with van der Waals surface area (Å²) in [4.78, 5) is 0. The number of benzene rings is 1. The molecule has 0 aromatic heterocycles. The molecule has 1 unspecified atom stereocenters. The Hall–Kier alpha value is -0.470. The van der Waals surface area contributed by atoms with Gasteiger partial charge in [0.05, 0.1) is 0 Å². The van der Waals surface area contributed by atoms with E-state index in [4.69, 9.17) is 0 Å². The van der Waals surface area contributed by atoms with Crippen molar-refractivity contribution < 1.29 is 0 Å². The van der Waals surface area contributed by atoms with E-state index in [9.17, 15) is 0 Å². The van der Waals surface area contributed by atoms with Gasteiger partial charge in [0.15, 0.2) is 0 Å². The molecule has 0 bridgehead atoms. The van der Waals surface area contributed by atoms with Crippen LogP contribution in [0.1, 0.15) is 43.7 Å². The Labute approximate surface area is 128 Å². The zero-order valence-electron chi connectivity index (χ0n) is 13.0. The van der Waals surface area contributed by atoms with Crippen LogP contribution in [-0.2, 0) is 6.42 Å². The van der Waals surface area contributed by atoms with Gasteiger partial charge in [0.2, 0.25) is 0 Å². The first-order chi connectivity index (χ1) is 9.78. The van der Waals surface area contributed by atoms with E-state index >= 15 is 0 Å². The van der Waals surface area contributed by atoms with Crippen LogP contribution in [0.15, 0.2) is 24.3 Å². The average molecular weight is 292 g/mol. The molecule has 1 aliphatic heterocycles. The van der Waals surface area contributed by atoms with Crippen LogP contribution >= 0.6 is 11.8 Å². The molecule has 1 aliphatic rings. The minimum Gasteiger partial charge on any atom is -0.314 e. The van der Waals surface area contributed by atoms with Crippen molar-refractivity contribution in [1.82, 2.24) is 5.32 Å². The summed E-state index contributed by atoms with van der Waals surface area (Å²) in [6.45, 7) is 5.57. The van der Waals surface area contributed by atoms with Crippen molar-refractivity contribution in [3.63, 3.8) is 0 Å². The van der Waals surface area contributed by atoms with Crippen LogP contribution < -0.4 is 5.32 Å². The molecule has 0 spiro atoms. The molecule has 1 aromatic rings. The van der Waals surface area contributed by atoms with Crippen molar-refractivity contribution in [2.75, 3.05) is 18.1 Å². The average Bonchev–Trinajstić information content (AvgIpc) is 2.48. The van der Waals surface area contributed by atoms with Crippen LogP contribution in [0.3, 0.4) is 0 Å². The zero-order valence-corrected chi connectivity index (χ0v) is 13.8. The van der Waals surface area contributed by atoms with Gasteiger partial charge in [0.1, 0.15) is 0 Å². The molecule has 1 N–H and O–H groups in total. The van der Waals surface area contributed by atoms with Gasteiger partial charge in [-0.1, -0.05) is 36.8 Å². The highest BCUT2D eigenvalue weighted by molar-refractivity contribution is 7.99. The van der Waals surface area contributed by atoms with Crippen LogP contribution in [0.2, 0.25) is 0 Å². The van der Waals surface area contributed by atoms with E-state index in [0.717, 1.165) is 12.5 Å². The van der Waals surface area contributed by atoms with Crippen molar-refractivity contribution in [3.05, 3.63) is 35.4 Å². The van der Waals surface area contributed by atoms with Gasteiger partial charge in [-0.2, -0.15) is 11.8 Å². The fourth-order valence-corrected chi connectivity index (χ4v) is 4.18. The quantitative estimate of drug-likeness (QED) is 0.797. The van der Waals surface area contributed by atoms with E-state index in [-0.39, 0.29) is 0 Å². The number of hydrogen-bond donors (Lipinski definition) is 1. The van der Waals surface area contributed by atoms with Crippen molar-refractivity contribution >= 4 is 11.8 Å². The maximum absolute atomic E-state index is 3.77. The lowest BCUT2D eigenvalue weighted by molar-refractivity contribution is 0.362. The second kappa shape index (κ2) is 8.74. The summed E-state index contributed by atoms with van der Waals surface area (Å²) < 4.78 is 0. The number of aryl methyl sites for hydroxylation is 1. The minimum atomic E-state index is 0.658. The van der Waals surface area contributed by atoms with Crippen LogP contribution in [0, 0.1) is 12.8 Å². The Bertz CT molecular complexity index is 368. The zero-order chi connectivity index (χ0) is 14.2. The van der Waals surface area contributed by atoms with E-state index in [1.165, 1.54) is 54.7 Å². The third-order valence-electron chi connectivity index (χ3n) is 4.24. The fourth-order valence-electron chi connectivity index (χ4n) is 2.98. The van der Waals surface area contributed by atoms with Crippen LogP contribution in [-0.4, -0.2) is 24.1 Å². The Morgan fingerprint density at radius 2 is 1.90 bits per heavy atom. The molecule has 1 aromatic carbocycles. The van der Waals surface area contributed by atoms with Gasteiger partial charge in [-0.3, -0.25) is 0 Å².